The molecule has 0 fully saturated rings. The number of benzene rings is 2. The summed E-state index contributed by atoms with van der Waals surface area (Å²) in [4.78, 5) is 20.9. The van der Waals surface area contributed by atoms with E-state index in [1.165, 1.54) is 12.1 Å². The molecule has 8 nitrogen and oxygen atoms in total. The summed E-state index contributed by atoms with van der Waals surface area (Å²) >= 11 is 6.01. The molecule has 0 radical (unpaired) electrons. The lowest BCUT2D eigenvalue weighted by atomic mass is 9.80. The van der Waals surface area contributed by atoms with E-state index in [9.17, 15) is 20.2 Å². The summed E-state index contributed by atoms with van der Waals surface area (Å²) in [5.41, 5.74) is 4.85. The Morgan fingerprint density at radius 2 is 1.96 bits per heavy atom. The number of nitrogens with one attached hydrogen (secondary N) is 1. The van der Waals surface area contributed by atoms with Crippen LogP contribution in [0.4, 0.5) is 17.1 Å². The van der Waals surface area contributed by atoms with Crippen LogP contribution < -0.4 is 5.43 Å². The largest absolute Gasteiger partial charge is 0.301 e. The highest BCUT2D eigenvalue weighted by molar-refractivity contribution is 6.29. The average molecular weight is 401 g/mol. The molecule has 1 aliphatic carbocycles. The molecule has 0 aliphatic heterocycles. The number of hydrogen-bond acceptors (Lipinski definition) is 6. The smallest absolute Gasteiger partial charge is 0.271 e. The number of hydrogen-bond donors (Lipinski definition) is 1. The van der Waals surface area contributed by atoms with E-state index in [2.05, 4.69) is 17.1 Å². The number of non-ortho nitro benzene ring substituents is 1. The summed E-state index contributed by atoms with van der Waals surface area (Å²) in [5.74, 6) is 0.0181. The number of hydrazone groups is 1. The van der Waals surface area contributed by atoms with Crippen LogP contribution in [0.3, 0.4) is 0 Å². The predicted molar refractivity (Wildman–Crippen MR) is 108 cm³/mol. The third-order valence-electron chi connectivity index (χ3n) is 4.60. The van der Waals surface area contributed by atoms with Gasteiger partial charge in [-0.1, -0.05) is 42.4 Å². The molecule has 2 aromatic rings. The highest BCUT2D eigenvalue weighted by atomic mass is 35.5. The normalized spacial score (nSPS) is 17.0. The molecule has 1 N–H and O–H groups in total. The van der Waals surface area contributed by atoms with Gasteiger partial charge in [-0.3, -0.25) is 25.7 Å². The molecule has 0 amide bonds. The fourth-order valence-electron chi connectivity index (χ4n) is 3.29. The van der Waals surface area contributed by atoms with Crippen molar-refractivity contribution < 1.29 is 9.85 Å². The van der Waals surface area contributed by atoms with Gasteiger partial charge >= 0.3 is 5.69 Å². The fraction of sp³-hybridized carbons (Fsp3) is 0.211. The minimum Gasteiger partial charge on any atom is -0.271 e. The van der Waals surface area contributed by atoms with Gasteiger partial charge in [-0.05, 0) is 30.9 Å². The number of halogens is 1. The van der Waals surface area contributed by atoms with Crippen LogP contribution in [0, 0.1) is 26.1 Å². The SMILES string of the molecule is C=C(Cl)CC1CCc2ccccc2/C1=N/Nc1ccc([N+](=O)[O-])cc1[N+](=O)[O-]. The second kappa shape index (κ2) is 8.18. The molecule has 28 heavy (non-hydrogen) atoms. The van der Waals surface area contributed by atoms with E-state index in [-0.39, 0.29) is 17.3 Å². The monoisotopic (exact) mass is 400 g/mol. The lowest BCUT2D eigenvalue weighted by molar-refractivity contribution is -0.393. The van der Waals surface area contributed by atoms with Crippen molar-refractivity contribution in [1.82, 2.24) is 0 Å². The minimum absolute atomic E-state index is 0.0181. The van der Waals surface area contributed by atoms with Gasteiger partial charge in [0, 0.05) is 22.6 Å². The van der Waals surface area contributed by atoms with E-state index in [1.807, 2.05) is 24.3 Å². The molecule has 1 unspecified atom stereocenters. The van der Waals surface area contributed by atoms with Gasteiger partial charge in [0.05, 0.1) is 21.6 Å². The van der Waals surface area contributed by atoms with Gasteiger partial charge in [0.2, 0.25) is 0 Å². The summed E-state index contributed by atoms with van der Waals surface area (Å²) < 4.78 is 0. The van der Waals surface area contributed by atoms with Crippen LogP contribution in [-0.4, -0.2) is 15.6 Å². The number of nitrogens with zero attached hydrogens (tertiary/aromatic N) is 3. The van der Waals surface area contributed by atoms with Gasteiger partial charge in [0.15, 0.2) is 0 Å². The Kier molecular flexibility index (Phi) is 5.70. The molecule has 0 saturated carbocycles. The van der Waals surface area contributed by atoms with E-state index in [4.69, 9.17) is 11.6 Å². The van der Waals surface area contributed by atoms with E-state index in [0.29, 0.717) is 11.5 Å². The Labute approximate surface area is 165 Å². The molecule has 2 aromatic carbocycles. The lowest BCUT2D eigenvalue weighted by Gasteiger charge is -2.26. The lowest BCUT2D eigenvalue weighted by Crippen LogP contribution is -2.24. The molecule has 0 heterocycles. The Morgan fingerprint density at radius 3 is 2.64 bits per heavy atom. The first kappa shape index (κ1) is 19.5. The first-order valence-corrected chi connectivity index (χ1v) is 8.92. The molecular formula is C19H17ClN4O4. The first-order chi connectivity index (χ1) is 13.4. The molecule has 1 aliphatic rings. The number of anilines is 1. The van der Waals surface area contributed by atoms with Crippen LogP contribution in [0.1, 0.15) is 24.0 Å². The van der Waals surface area contributed by atoms with Crippen molar-refractivity contribution in [1.29, 1.82) is 0 Å². The Bertz CT molecular complexity index is 990. The Morgan fingerprint density at radius 1 is 1.21 bits per heavy atom. The predicted octanol–water partition coefficient (Wildman–Crippen LogP) is 5.02. The molecule has 1 atom stereocenters. The van der Waals surface area contributed by atoms with Crippen molar-refractivity contribution in [3.05, 3.63) is 85.4 Å². The zero-order valence-electron chi connectivity index (χ0n) is 14.8. The van der Waals surface area contributed by atoms with Gasteiger partial charge in [-0.15, -0.1) is 0 Å². The molecule has 0 saturated heterocycles. The van der Waals surface area contributed by atoms with Crippen molar-refractivity contribution in [3.63, 3.8) is 0 Å². The average Bonchev–Trinajstić information content (AvgIpc) is 2.66. The Hall–Kier alpha value is -3.26. The van der Waals surface area contributed by atoms with Crippen LogP contribution in [0.5, 0.6) is 0 Å². The van der Waals surface area contributed by atoms with Crippen molar-refractivity contribution in [2.45, 2.75) is 19.3 Å². The van der Waals surface area contributed by atoms with Gasteiger partial charge in [-0.25, -0.2) is 0 Å². The van der Waals surface area contributed by atoms with Crippen molar-refractivity contribution >= 4 is 34.4 Å². The number of rotatable bonds is 6. The van der Waals surface area contributed by atoms with Gasteiger partial charge in [0.25, 0.3) is 5.69 Å². The van der Waals surface area contributed by atoms with Gasteiger partial charge < -0.3 is 0 Å². The van der Waals surface area contributed by atoms with E-state index >= 15 is 0 Å². The highest BCUT2D eigenvalue weighted by Gasteiger charge is 2.26. The van der Waals surface area contributed by atoms with E-state index in [1.54, 1.807) is 0 Å². The van der Waals surface area contributed by atoms with Crippen LogP contribution in [0.2, 0.25) is 0 Å². The maximum Gasteiger partial charge on any atom is 0.301 e. The number of fused-ring (bicyclic) bond motifs is 1. The zero-order chi connectivity index (χ0) is 20.3. The molecule has 0 bridgehead atoms. The van der Waals surface area contributed by atoms with Crippen LogP contribution >= 0.6 is 11.6 Å². The summed E-state index contributed by atoms with van der Waals surface area (Å²) in [7, 11) is 0. The second-order valence-corrected chi connectivity index (χ2v) is 6.97. The van der Waals surface area contributed by atoms with Gasteiger partial charge in [0.1, 0.15) is 5.69 Å². The molecular weight excluding hydrogens is 384 g/mol. The standard InChI is InChI=1S/C19H17ClN4O4/c1-12(20)10-14-7-6-13-4-2-3-5-16(13)19(14)22-21-17-9-8-15(23(25)26)11-18(17)24(27)28/h2-5,8-9,11,14,21H,1,6-7,10H2/b22-19+. The minimum atomic E-state index is -0.678. The number of allylic oxidation sites excluding steroid dienone is 1. The molecule has 144 valence electrons. The van der Waals surface area contributed by atoms with Crippen LogP contribution in [0.25, 0.3) is 0 Å². The molecule has 9 heteroatoms. The second-order valence-electron chi connectivity index (χ2n) is 6.44. The topological polar surface area (TPSA) is 111 Å². The van der Waals surface area contributed by atoms with E-state index in [0.717, 1.165) is 35.7 Å². The quantitative estimate of drug-likeness (QED) is 0.540. The third-order valence-corrected chi connectivity index (χ3v) is 4.75. The van der Waals surface area contributed by atoms with E-state index < -0.39 is 15.5 Å². The highest BCUT2D eigenvalue weighted by Crippen LogP contribution is 2.32. The molecule has 3 rings (SSSR count). The number of aryl methyl sites for hydroxylation is 1. The number of nitro groups is 2. The zero-order valence-corrected chi connectivity index (χ0v) is 15.6. The summed E-state index contributed by atoms with van der Waals surface area (Å²) in [6, 6.07) is 11.2. The summed E-state index contributed by atoms with van der Waals surface area (Å²) in [5, 5.41) is 27.2. The van der Waals surface area contributed by atoms with Crippen molar-refractivity contribution in [2.75, 3.05) is 5.43 Å². The Balaban J connectivity index is 2.00. The maximum absolute atomic E-state index is 11.3. The number of nitro benzene ring substituents is 2. The van der Waals surface area contributed by atoms with Gasteiger partial charge in [-0.2, -0.15) is 5.10 Å². The maximum atomic E-state index is 11.3. The summed E-state index contributed by atoms with van der Waals surface area (Å²) in [6.07, 6.45) is 2.24. The third kappa shape index (κ3) is 4.17. The van der Waals surface area contributed by atoms with Crippen LogP contribution in [0.15, 0.2) is 59.2 Å². The summed E-state index contributed by atoms with van der Waals surface area (Å²) in [6.45, 7) is 3.76. The fourth-order valence-corrected chi connectivity index (χ4v) is 3.48. The van der Waals surface area contributed by atoms with Crippen molar-refractivity contribution in [3.8, 4) is 0 Å². The molecule has 0 aromatic heterocycles. The van der Waals surface area contributed by atoms with Crippen LogP contribution in [-0.2, 0) is 6.42 Å². The van der Waals surface area contributed by atoms with Crippen molar-refractivity contribution in [2.24, 2.45) is 11.0 Å². The first-order valence-electron chi connectivity index (χ1n) is 8.54. The molecule has 0 spiro atoms.